The van der Waals surface area contributed by atoms with Gasteiger partial charge >= 0.3 is 5.63 Å². The van der Waals surface area contributed by atoms with Crippen LogP contribution in [0.4, 0.5) is 5.69 Å². The molecule has 3 rings (SSSR count). The van der Waals surface area contributed by atoms with Gasteiger partial charge in [-0.3, -0.25) is 4.79 Å². The number of benzene rings is 2. The number of carbonyl (C=O) groups excluding carboxylic acids is 1. The van der Waals surface area contributed by atoms with Crippen molar-refractivity contribution in [1.82, 2.24) is 0 Å². The number of hydrogen-bond donors (Lipinski definition) is 1. The summed E-state index contributed by atoms with van der Waals surface area (Å²) in [5.41, 5.74) is 4.19. The van der Waals surface area contributed by atoms with E-state index in [9.17, 15) is 9.59 Å². The molecular formula is C20H19NO3S. The van der Waals surface area contributed by atoms with Crippen LogP contribution in [0.15, 0.2) is 56.6 Å². The SMILES string of the molecule is CC(=O)Nc1ccc(SCc2cc(=O)oc3c(C)c(C)ccc23)cc1. The molecule has 0 radical (unpaired) electrons. The molecule has 1 amide bonds. The Morgan fingerprint density at radius 2 is 1.84 bits per heavy atom. The molecule has 1 aromatic heterocycles. The maximum atomic E-state index is 11.9. The van der Waals surface area contributed by atoms with Crippen molar-refractivity contribution >= 4 is 34.3 Å². The Labute approximate surface area is 150 Å². The van der Waals surface area contributed by atoms with Crippen LogP contribution in [-0.4, -0.2) is 5.91 Å². The number of hydrogen-bond acceptors (Lipinski definition) is 4. The average Bonchev–Trinajstić information content (AvgIpc) is 2.57. The van der Waals surface area contributed by atoms with Crippen molar-refractivity contribution in [2.75, 3.05) is 5.32 Å². The minimum absolute atomic E-state index is 0.0893. The summed E-state index contributed by atoms with van der Waals surface area (Å²) in [5.74, 6) is 0.581. The Morgan fingerprint density at radius 1 is 1.12 bits per heavy atom. The molecule has 0 saturated heterocycles. The first-order valence-electron chi connectivity index (χ1n) is 7.97. The summed E-state index contributed by atoms with van der Waals surface area (Å²) in [6.07, 6.45) is 0. The third-order valence-corrected chi connectivity index (χ3v) is 5.15. The lowest BCUT2D eigenvalue weighted by Gasteiger charge is -2.09. The Kier molecular flexibility index (Phi) is 4.95. The topological polar surface area (TPSA) is 59.3 Å². The molecule has 0 atom stereocenters. The first-order chi connectivity index (χ1) is 11.9. The molecule has 3 aromatic rings. The molecule has 0 fully saturated rings. The largest absolute Gasteiger partial charge is 0.422 e. The zero-order valence-electron chi connectivity index (χ0n) is 14.4. The van der Waals surface area contributed by atoms with Gasteiger partial charge in [0, 0.05) is 34.7 Å². The second-order valence-corrected chi connectivity index (χ2v) is 7.02. The highest BCUT2D eigenvalue weighted by atomic mass is 32.2. The van der Waals surface area contributed by atoms with E-state index in [2.05, 4.69) is 5.32 Å². The summed E-state index contributed by atoms with van der Waals surface area (Å²) in [5, 5.41) is 3.72. The van der Waals surface area contributed by atoms with Gasteiger partial charge in [0.2, 0.25) is 5.91 Å². The Balaban J connectivity index is 1.85. The lowest BCUT2D eigenvalue weighted by molar-refractivity contribution is -0.114. The molecule has 0 saturated carbocycles. The zero-order chi connectivity index (χ0) is 18.0. The van der Waals surface area contributed by atoms with Crippen LogP contribution in [0.1, 0.15) is 23.6 Å². The molecule has 128 valence electrons. The molecule has 0 bridgehead atoms. The molecule has 0 unspecified atom stereocenters. The van der Waals surface area contributed by atoms with Gasteiger partial charge in [0.05, 0.1) is 0 Å². The first-order valence-corrected chi connectivity index (χ1v) is 8.96. The predicted octanol–water partition coefficient (Wildman–Crippen LogP) is 4.66. The van der Waals surface area contributed by atoms with Crippen LogP contribution < -0.4 is 10.9 Å². The van der Waals surface area contributed by atoms with Crippen LogP contribution in [0.5, 0.6) is 0 Å². The van der Waals surface area contributed by atoms with Crippen molar-refractivity contribution in [3.05, 3.63) is 69.6 Å². The van der Waals surface area contributed by atoms with Gasteiger partial charge in [0.1, 0.15) is 5.58 Å². The molecule has 0 aliphatic rings. The van der Waals surface area contributed by atoms with Crippen molar-refractivity contribution < 1.29 is 9.21 Å². The summed E-state index contributed by atoms with van der Waals surface area (Å²) >= 11 is 1.64. The van der Waals surface area contributed by atoms with Gasteiger partial charge in [-0.2, -0.15) is 0 Å². The number of fused-ring (bicyclic) bond motifs is 1. The smallest absolute Gasteiger partial charge is 0.336 e. The van der Waals surface area contributed by atoms with Crippen molar-refractivity contribution in [2.24, 2.45) is 0 Å². The van der Waals surface area contributed by atoms with Gasteiger partial charge in [-0.25, -0.2) is 4.79 Å². The standard InChI is InChI=1S/C20H19NO3S/c1-12-4-9-18-15(10-19(23)24-20(18)13(12)2)11-25-17-7-5-16(6-8-17)21-14(3)22/h4-10H,11H2,1-3H3,(H,21,22). The Morgan fingerprint density at radius 3 is 2.52 bits per heavy atom. The predicted molar refractivity (Wildman–Crippen MR) is 102 cm³/mol. The fraction of sp³-hybridized carbons (Fsp3) is 0.200. The number of thioether (sulfide) groups is 1. The van der Waals surface area contributed by atoms with Crippen molar-refractivity contribution in [3.63, 3.8) is 0 Å². The van der Waals surface area contributed by atoms with E-state index in [1.165, 1.54) is 6.92 Å². The summed E-state index contributed by atoms with van der Waals surface area (Å²) in [7, 11) is 0. The van der Waals surface area contributed by atoms with Gasteiger partial charge in [0.15, 0.2) is 0 Å². The van der Waals surface area contributed by atoms with E-state index in [4.69, 9.17) is 4.42 Å². The lowest BCUT2D eigenvalue weighted by Crippen LogP contribution is -2.05. The molecule has 1 N–H and O–H groups in total. The molecule has 1 heterocycles. The van der Waals surface area contributed by atoms with Crippen LogP contribution >= 0.6 is 11.8 Å². The molecule has 4 nitrogen and oxygen atoms in total. The maximum Gasteiger partial charge on any atom is 0.336 e. The van der Waals surface area contributed by atoms with Gasteiger partial charge in [-0.05, 0) is 54.8 Å². The fourth-order valence-electron chi connectivity index (χ4n) is 2.64. The molecular weight excluding hydrogens is 334 g/mol. The molecule has 25 heavy (non-hydrogen) atoms. The van der Waals surface area contributed by atoms with Gasteiger partial charge < -0.3 is 9.73 Å². The molecule has 0 spiro atoms. The fourth-order valence-corrected chi connectivity index (χ4v) is 3.53. The highest BCUT2D eigenvalue weighted by Gasteiger charge is 2.10. The number of aryl methyl sites for hydroxylation is 2. The second kappa shape index (κ2) is 7.15. The quantitative estimate of drug-likeness (QED) is 0.547. The average molecular weight is 353 g/mol. The summed E-state index contributed by atoms with van der Waals surface area (Å²) in [6.45, 7) is 5.46. The highest BCUT2D eigenvalue weighted by molar-refractivity contribution is 7.98. The second-order valence-electron chi connectivity index (χ2n) is 5.97. The first kappa shape index (κ1) is 17.3. The van der Waals surface area contributed by atoms with Crippen molar-refractivity contribution in [1.29, 1.82) is 0 Å². The summed E-state index contributed by atoms with van der Waals surface area (Å²) in [4.78, 5) is 24.0. The van der Waals surface area contributed by atoms with E-state index < -0.39 is 0 Å². The molecule has 5 heteroatoms. The number of carbonyl (C=O) groups is 1. The third-order valence-electron chi connectivity index (χ3n) is 4.09. The van der Waals surface area contributed by atoms with Crippen molar-refractivity contribution in [2.45, 2.75) is 31.4 Å². The minimum atomic E-state index is -0.321. The van der Waals surface area contributed by atoms with E-state index in [0.717, 1.165) is 32.7 Å². The normalized spacial score (nSPS) is 10.8. The van der Waals surface area contributed by atoms with Gasteiger partial charge in [0.25, 0.3) is 0 Å². The lowest BCUT2D eigenvalue weighted by atomic mass is 10.0. The Bertz CT molecular complexity index is 990. The highest BCUT2D eigenvalue weighted by Crippen LogP contribution is 2.29. The van der Waals surface area contributed by atoms with Crippen LogP contribution in [0.2, 0.25) is 0 Å². The van der Waals surface area contributed by atoms with E-state index in [1.807, 2.05) is 50.2 Å². The Hall–Kier alpha value is -2.53. The van der Waals surface area contributed by atoms with Crippen LogP contribution in [0.3, 0.4) is 0 Å². The van der Waals surface area contributed by atoms with Crippen LogP contribution in [0.25, 0.3) is 11.0 Å². The molecule has 0 aliphatic heterocycles. The molecule has 0 aliphatic carbocycles. The number of rotatable bonds is 4. The summed E-state index contributed by atoms with van der Waals surface area (Å²) < 4.78 is 5.41. The van der Waals surface area contributed by atoms with E-state index in [0.29, 0.717) is 11.3 Å². The van der Waals surface area contributed by atoms with Crippen LogP contribution in [0, 0.1) is 13.8 Å². The van der Waals surface area contributed by atoms with Gasteiger partial charge in [-0.1, -0.05) is 12.1 Å². The molecule has 2 aromatic carbocycles. The van der Waals surface area contributed by atoms with Gasteiger partial charge in [-0.15, -0.1) is 11.8 Å². The van der Waals surface area contributed by atoms with E-state index in [1.54, 1.807) is 17.8 Å². The summed E-state index contributed by atoms with van der Waals surface area (Å²) in [6, 6.07) is 13.3. The maximum absolute atomic E-state index is 11.9. The van der Waals surface area contributed by atoms with Crippen molar-refractivity contribution in [3.8, 4) is 0 Å². The number of amides is 1. The minimum Gasteiger partial charge on any atom is -0.422 e. The monoisotopic (exact) mass is 353 g/mol. The number of anilines is 1. The van der Waals surface area contributed by atoms with E-state index >= 15 is 0 Å². The zero-order valence-corrected chi connectivity index (χ0v) is 15.2. The third kappa shape index (κ3) is 3.94. The van der Waals surface area contributed by atoms with Crippen LogP contribution in [-0.2, 0) is 10.5 Å². The number of nitrogens with one attached hydrogen (secondary N) is 1. The van der Waals surface area contributed by atoms with E-state index in [-0.39, 0.29) is 11.5 Å².